The maximum absolute atomic E-state index is 12.6. The molecular weight excluding hydrogens is 368 g/mol. The van der Waals surface area contributed by atoms with Crippen LogP contribution in [0.25, 0.3) is 0 Å². The molecule has 0 spiro atoms. The Morgan fingerprint density at radius 3 is 2.25 bits per heavy atom. The van der Waals surface area contributed by atoms with E-state index in [0.29, 0.717) is 19.4 Å². The first-order chi connectivity index (χ1) is 13.0. The maximum atomic E-state index is 12.6. The Hall–Kier alpha value is -2.20. The number of carbonyl (C=O) groups is 4. The van der Waals surface area contributed by atoms with Crippen molar-refractivity contribution in [2.45, 2.75) is 77.2 Å². The first-order valence-corrected chi connectivity index (χ1v) is 9.53. The summed E-state index contributed by atoms with van der Waals surface area (Å²) in [5.74, 6) is -2.71. The first-order valence-electron chi connectivity index (χ1n) is 9.53. The van der Waals surface area contributed by atoms with E-state index >= 15 is 0 Å². The summed E-state index contributed by atoms with van der Waals surface area (Å²) < 4.78 is 0. The van der Waals surface area contributed by atoms with Crippen LogP contribution in [0.15, 0.2) is 0 Å². The Bertz CT molecular complexity index is 595. The smallest absolute Gasteiger partial charge is 0.326 e. The third kappa shape index (κ3) is 6.45. The predicted octanol–water partition coefficient (Wildman–Crippen LogP) is -1.19. The van der Waals surface area contributed by atoms with Gasteiger partial charge >= 0.3 is 5.97 Å². The minimum Gasteiger partial charge on any atom is -0.480 e. The van der Waals surface area contributed by atoms with Gasteiger partial charge in [-0.1, -0.05) is 13.8 Å². The van der Waals surface area contributed by atoms with Gasteiger partial charge in [-0.3, -0.25) is 14.4 Å². The number of aliphatic carboxylic acids is 1. The fraction of sp³-hybridized carbons (Fsp3) is 0.778. The molecule has 0 saturated carbocycles. The van der Waals surface area contributed by atoms with Gasteiger partial charge in [-0.15, -0.1) is 0 Å². The molecule has 0 aromatic rings. The van der Waals surface area contributed by atoms with Crippen molar-refractivity contribution in [1.82, 2.24) is 15.5 Å². The van der Waals surface area contributed by atoms with Gasteiger partial charge in [0.1, 0.15) is 24.2 Å². The van der Waals surface area contributed by atoms with Crippen LogP contribution in [0, 0.1) is 5.92 Å². The van der Waals surface area contributed by atoms with Crippen LogP contribution in [0.3, 0.4) is 0 Å². The minimum atomic E-state index is -1.14. The summed E-state index contributed by atoms with van der Waals surface area (Å²) in [4.78, 5) is 49.8. The van der Waals surface area contributed by atoms with Crippen molar-refractivity contribution in [3.05, 3.63) is 0 Å². The molecule has 0 radical (unpaired) electrons. The first kappa shape index (κ1) is 23.8. The number of amides is 3. The summed E-state index contributed by atoms with van der Waals surface area (Å²) in [5.41, 5.74) is 5.68. The summed E-state index contributed by atoms with van der Waals surface area (Å²) in [5, 5.41) is 23.7. The van der Waals surface area contributed by atoms with Crippen molar-refractivity contribution >= 4 is 23.7 Å². The molecular formula is C18H32N4O6. The van der Waals surface area contributed by atoms with Crippen LogP contribution in [-0.2, 0) is 19.2 Å². The average Bonchev–Trinajstić information content (AvgIpc) is 3.08. The number of nitrogens with zero attached hydrogens (tertiary/aromatic N) is 1. The van der Waals surface area contributed by atoms with Crippen molar-refractivity contribution < 1.29 is 29.4 Å². The number of hydrogen-bond donors (Lipinski definition) is 5. The van der Waals surface area contributed by atoms with E-state index in [2.05, 4.69) is 10.6 Å². The van der Waals surface area contributed by atoms with Crippen LogP contribution in [-0.4, -0.2) is 75.6 Å². The summed E-state index contributed by atoms with van der Waals surface area (Å²) >= 11 is 0. The number of carbonyl (C=O) groups excluding carboxylic acids is 3. The molecule has 1 saturated heterocycles. The second-order valence-electron chi connectivity index (χ2n) is 7.72. The van der Waals surface area contributed by atoms with Gasteiger partial charge in [0.15, 0.2) is 0 Å². The van der Waals surface area contributed by atoms with Gasteiger partial charge in [0.2, 0.25) is 17.7 Å². The molecule has 1 rings (SSSR count). The molecule has 0 aromatic heterocycles. The van der Waals surface area contributed by atoms with Gasteiger partial charge in [-0.25, -0.2) is 4.79 Å². The Labute approximate surface area is 164 Å². The molecule has 160 valence electrons. The van der Waals surface area contributed by atoms with Gasteiger partial charge in [-0.05, 0) is 39.0 Å². The van der Waals surface area contributed by atoms with Gasteiger partial charge in [0.05, 0.1) is 6.10 Å². The fourth-order valence-electron chi connectivity index (χ4n) is 3.07. The van der Waals surface area contributed by atoms with E-state index in [1.165, 1.54) is 18.7 Å². The predicted molar refractivity (Wildman–Crippen MR) is 101 cm³/mol. The number of hydrogen-bond acceptors (Lipinski definition) is 6. The molecule has 0 aliphatic carbocycles. The van der Waals surface area contributed by atoms with E-state index in [4.69, 9.17) is 5.73 Å². The number of rotatable bonds is 9. The van der Waals surface area contributed by atoms with Gasteiger partial charge in [0, 0.05) is 6.54 Å². The minimum absolute atomic E-state index is 0.0717. The van der Waals surface area contributed by atoms with E-state index in [1.54, 1.807) is 0 Å². The summed E-state index contributed by atoms with van der Waals surface area (Å²) in [6.07, 6.45) is 0.246. The van der Waals surface area contributed by atoms with Crippen molar-refractivity contribution in [1.29, 1.82) is 0 Å². The highest BCUT2D eigenvalue weighted by molar-refractivity contribution is 5.94. The molecule has 6 N–H and O–H groups in total. The topological polar surface area (TPSA) is 162 Å². The number of carboxylic acids is 1. The lowest BCUT2D eigenvalue weighted by Gasteiger charge is -2.28. The van der Waals surface area contributed by atoms with E-state index in [1.807, 2.05) is 13.8 Å². The molecule has 28 heavy (non-hydrogen) atoms. The zero-order chi connectivity index (χ0) is 21.6. The van der Waals surface area contributed by atoms with Crippen LogP contribution >= 0.6 is 0 Å². The Morgan fingerprint density at radius 1 is 1.14 bits per heavy atom. The molecule has 10 heteroatoms. The fourth-order valence-corrected chi connectivity index (χ4v) is 3.07. The summed E-state index contributed by atoms with van der Waals surface area (Å²) in [6.45, 7) is 6.88. The Balaban J connectivity index is 2.70. The number of aliphatic hydroxyl groups excluding tert-OH is 1. The Kier molecular flexibility index (Phi) is 8.83. The lowest BCUT2D eigenvalue weighted by atomic mass is 10.0. The number of carboxylic acid groups (broad SMARTS) is 1. The van der Waals surface area contributed by atoms with Crippen LogP contribution in [0.2, 0.25) is 0 Å². The van der Waals surface area contributed by atoms with Crippen molar-refractivity contribution in [2.75, 3.05) is 6.54 Å². The quantitative estimate of drug-likeness (QED) is 0.325. The van der Waals surface area contributed by atoms with Crippen molar-refractivity contribution in [3.8, 4) is 0 Å². The molecule has 1 aliphatic rings. The van der Waals surface area contributed by atoms with Crippen molar-refractivity contribution in [2.24, 2.45) is 11.7 Å². The molecule has 0 aromatic carbocycles. The lowest BCUT2D eigenvalue weighted by Crippen LogP contribution is -2.57. The third-order valence-electron chi connectivity index (χ3n) is 4.72. The second-order valence-corrected chi connectivity index (χ2v) is 7.72. The van der Waals surface area contributed by atoms with E-state index in [-0.39, 0.29) is 12.3 Å². The zero-order valence-electron chi connectivity index (χ0n) is 16.8. The highest BCUT2D eigenvalue weighted by Crippen LogP contribution is 2.19. The van der Waals surface area contributed by atoms with Crippen molar-refractivity contribution in [3.63, 3.8) is 0 Å². The van der Waals surface area contributed by atoms with E-state index in [0.717, 1.165) is 0 Å². The summed E-state index contributed by atoms with van der Waals surface area (Å²) in [7, 11) is 0. The van der Waals surface area contributed by atoms with Gasteiger partial charge < -0.3 is 31.5 Å². The SMILES string of the molecule is CC(C)CC(NC(=O)C(C)NC(=O)C1CCCN1C(=O)C(N)C(C)O)C(=O)O. The Morgan fingerprint density at radius 2 is 1.75 bits per heavy atom. The molecule has 1 heterocycles. The van der Waals surface area contributed by atoms with E-state index in [9.17, 15) is 29.4 Å². The molecule has 0 bridgehead atoms. The van der Waals surface area contributed by atoms with Crippen LogP contribution < -0.4 is 16.4 Å². The molecule has 3 amide bonds. The molecule has 5 unspecified atom stereocenters. The number of likely N-dealkylation sites (tertiary alicyclic amines) is 1. The second kappa shape index (κ2) is 10.4. The van der Waals surface area contributed by atoms with Crippen LogP contribution in [0.4, 0.5) is 0 Å². The third-order valence-corrected chi connectivity index (χ3v) is 4.72. The highest BCUT2D eigenvalue weighted by Gasteiger charge is 2.38. The van der Waals surface area contributed by atoms with Crippen LogP contribution in [0.1, 0.15) is 47.0 Å². The van der Waals surface area contributed by atoms with Crippen LogP contribution in [0.5, 0.6) is 0 Å². The summed E-state index contributed by atoms with van der Waals surface area (Å²) in [6, 6.07) is -3.91. The largest absolute Gasteiger partial charge is 0.480 e. The number of nitrogens with one attached hydrogen (secondary N) is 2. The molecule has 1 fully saturated rings. The monoisotopic (exact) mass is 400 g/mol. The van der Waals surface area contributed by atoms with Gasteiger partial charge in [-0.2, -0.15) is 0 Å². The maximum Gasteiger partial charge on any atom is 0.326 e. The number of nitrogens with two attached hydrogens (primary N) is 1. The normalized spacial score (nSPS) is 21.0. The van der Waals surface area contributed by atoms with E-state index < -0.39 is 54.0 Å². The molecule has 5 atom stereocenters. The lowest BCUT2D eigenvalue weighted by molar-refractivity contribution is -0.143. The molecule has 10 nitrogen and oxygen atoms in total. The number of aliphatic hydroxyl groups is 1. The zero-order valence-corrected chi connectivity index (χ0v) is 16.8. The van der Waals surface area contributed by atoms with Gasteiger partial charge in [0.25, 0.3) is 0 Å². The molecule has 1 aliphatic heterocycles. The highest BCUT2D eigenvalue weighted by atomic mass is 16.4. The average molecular weight is 400 g/mol. The standard InChI is InChI=1S/C18H32N4O6/c1-9(2)8-12(18(27)28)21-15(24)10(3)20-16(25)13-6-5-7-22(13)17(26)14(19)11(4)23/h9-14,23H,5-8,19H2,1-4H3,(H,20,25)(H,21,24)(H,27,28).